The normalized spacial score (nSPS) is 18.7. The fourth-order valence-electron chi connectivity index (χ4n) is 2.33. The topological polar surface area (TPSA) is 87.7 Å². The summed E-state index contributed by atoms with van der Waals surface area (Å²) in [4.78, 5) is 24.4. The third-order valence-electron chi connectivity index (χ3n) is 3.81. The van der Waals surface area contributed by atoms with Gasteiger partial charge in [0.05, 0.1) is 11.5 Å². The second-order valence-electron chi connectivity index (χ2n) is 5.26. The van der Waals surface area contributed by atoms with Crippen molar-refractivity contribution in [3.63, 3.8) is 0 Å². The molecular weight excluding hydrogens is 292 g/mol. The highest BCUT2D eigenvalue weighted by atomic mass is 32.1. The molecule has 0 radical (unpaired) electrons. The number of carbonyl (C=O) groups is 2. The van der Waals surface area contributed by atoms with Crippen molar-refractivity contribution in [2.45, 2.75) is 25.8 Å². The van der Waals surface area contributed by atoms with Gasteiger partial charge in [-0.2, -0.15) is 0 Å². The van der Waals surface area contributed by atoms with Gasteiger partial charge in [0.25, 0.3) is 0 Å². The van der Waals surface area contributed by atoms with Crippen LogP contribution in [-0.4, -0.2) is 36.9 Å². The Morgan fingerprint density at radius 1 is 1.48 bits per heavy atom. The predicted octanol–water partition coefficient (Wildman–Crippen LogP) is 1.99. The van der Waals surface area contributed by atoms with E-state index in [2.05, 4.69) is 10.6 Å². The summed E-state index contributed by atoms with van der Waals surface area (Å²) in [6.07, 6.45) is 0.839. The molecule has 0 spiro atoms. The van der Waals surface area contributed by atoms with Crippen molar-refractivity contribution in [1.82, 2.24) is 10.6 Å². The molecule has 2 rings (SSSR count). The van der Waals surface area contributed by atoms with Crippen LogP contribution in [0.1, 0.15) is 30.7 Å². The number of hydrogen-bond donors (Lipinski definition) is 3. The zero-order chi connectivity index (χ0) is 15.3. The Labute approximate surface area is 127 Å². The zero-order valence-electron chi connectivity index (χ0n) is 11.9. The van der Waals surface area contributed by atoms with Crippen molar-refractivity contribution in [2.24, 2.45) is 5.41 Å². The molecule has 1 fully saturated rings. The monoisotopic (exact) mass is 312 g/mol. The number of urea groups is 1. The average molecular weight is 312 g/mol. The molecule has 116 valence electrons. The largest absolute Gasteiger partial charge is 0.481 e. The maximum absolute atomic E-state index is 11.9. The van der Waals surface area contributed by atoms with Crippen molar-refractivity contribution < 1.29 is 19.4 Å². The van der Waals surface area contributed by atoms with E-state index in [9.17, 15) is 14.7 Å². The van der Waals surface area contributed by atoms with Gasteiger partial charge in [-0.3, -0.25) is 4.79 Å². The molecule has 1 saturated heterocycles. The summed E-state index contributed by atoms with van der Waals surface area (Å²) in [7, 11) is 0. The minimum Gasteiger partial charge on any atom is -0.481 e. The van der Waals surface area contributed by atoms with Gasteiger partial charge in [0, 0.05) is 24.6 Å². The first-order valence-electron chi connectivity index (χ1n) is 6.92. The zero-order valence-corrected chi connectivity index (χ0v) is 12.7. The van der Waals surface area contributed by atoms with E-state index in [0.29, 0.717) is 26.1 Å². The van der Waals surface area contributed by atoms with Gasteiger partial charge in [0.15, 0.2) is 0 Å². The molecule has 1 atom stereocenters. The molecule has 1 aromatic heterocycles. The third kappa shape index (κ3) is 3.95. The number of rotatable bonds is 5. The minimum absolute atomic E-state index is 0.0968. The van der Waals surface area contributed by atoms with Crippen LogP contribution in [0.4, 0.5) is 4.79 Å². The van der Waals surface area contributed by atoms with Crippen LogP contribution in [0.3, 0.4) is 0 Å². The second kappa shape index (κ2) is 6.91. The number of carboxylic acid groups (broad SMARTS) is 1. The van der Waals surface area contributed by atoms with Crippen molar-refractivity contribution >= 4 is 23.3 Å². The van der Waals surface area contributed by atoms with Gasteiger partial charge >= 0.3 is 12.0 Å². The summed E-state index contributed by atoms with van der Waals surface area (Å²) < 4.78 is 5.20. The maximum Gasteiger partial charge on any atom is 0.315 e. The molecule has 6 nitrogen and oxygen atoms in total. The SMILES string of the molecule is CC(NC(=O)NCC1(C(=O)O)CCOCC1)c1cccs1. The van der Waals surface area contributed by atoms with Gasteiger partial charge in [-0.05, 0) is 31.2 Å². The molecule has 1 aliphatic rings. The summed E-state index contributed by atoms with van der Waals surface area (Å²) in [5.74, 6) is -0.877. The number of ether oxygens (including phenoxy) is 1. The number of amides is 2. The van der Waals surface area contributed by atoms with Gasteiger partial charge in [0.1, 0.15) is 0 Å². The summed E-state index contributed by atoms with van der Waals surface area (Å²) in [6.45, 7) is 2.85. The second-order valence-corrected chi connectivity index (χ2v) is 6.24. The van der Waals surface area contributed by atoms with E-state index >= 15 is 0 Å². The standard InChI is InChI=1S/C14H20N2O4S/c1-10(11-3-2-8-21-11)16-13(19)15-9-14(12(17)18)4-6-20-7-5-14/h2-3,8,10H,4-7,9H2,1H3,(H,17,18)(H2,15,16,19). The highest BCUT2D eigenvalue weighted by Crippen LogP contribution is 2.30. The lowest BCUT2D eigenvalue weighted by Gasteiger charge is -2.33. The Morgan fingerprint density at radius 2 is 2.19 bits per heavy atom. The Morgan fingerprint density at radius 3 is 2.76 bits per heavy atom. The van der Waals surface area contributed by atoms with Gasteiger partial charge < -0.3 is 20.5 Å². The number of aliphatic carboxylic acids is 1. The van der Waals surface area contributed by atoms with Crippen molar-refractivity contribution in [3.05, 3.63) is 22.4 Å². The van der Waals surface area contributed by atoms with Crippen LogP contribution in [0.25, 0.3) is 0 Å². The summed E-state index contributed by atoms with van der Waals surface area (Å²) in [5, 5.41) is 16.9. The molecule has 1 unspecified atom stereocenters. The van der Waals surface area contributed by atoms with Crippen LogP contribution in [0.15, 0.2) is 17.5 Å². The van der Waals surface area contributed by atoms with E-state index < -0.39 is 11.4 Å². The fraction of sp³-hybridized carbons (Fsp3) is 0.571. The van der Waals surface area contributed by atoms with E-state index in [1.165, 1.54) is 0 Å². The summed E-state index contributed by atoms with van der Waals surface area (Å²) >= 11 is 1.57. The van der Waals surface area contributed by atoms with Crippen LogP contribution >= 0.6 is 11.3 Å². The van der Waals surface area contributed by atoms with Crippen molar-refractivity contribution in [2.75, 3.05) is 19.8 Å². The first kappa shape index (κ1) is 15.8. The molecule has 0 aromatic carbocycles. The fourth-order valence-corrected chi connectivity index (χ4v) is 3.07. The van der Waals surface area contributed by atoms with E-state index in [1.54, 1.807) is 11.3 Å². The van der Waals surface area contributed by atoms with Gasteiger partial charge in [-0.1, -0.05) is 6.07 Å². The first-order valence-corrected chi connectivity index (χ1v) is 7.80. The lowest BCUT2D eigenvalue weighted by Crippen LogP contribution is -2.49. The van der Waals surface area contributed by atoms with Crippen molar-refractivity contribution in [3.8, 4) is 0 Å². The van der Waals surface area contributed by atoms with Gasteiger partial charge in [0.2, 0.25) is 0 Å². The smallest absolute Gasteiger partial charge is 0.315 e. The lowest BCUT2D eigenvalue weighted by molar-refractivity contribution is -0.154. The van der Waals surface area contributed by atoms with Crippen LogP contribution in [0.5, 0.6) is 0 Å². The highest BCUT2D eigenvalue weighted by Gasteiger charge is 2.40. The third-order valence-corrected chi connectivity index (χ3v) is 4.86. The Balaban J connectivity index is 1.86. The minimum atomic E-state index is -0.915. The Hall–Kier alpha value is -1.60. The van der Waals surface area contributed by atoms with Gasteiger partial charge in [-0.15, -0.1) is 11.3 Å². The Bertz CT molecular complexity index is 483. The van der Waals surface area contributed by atoms with Crippen LogP contribution < -0.4 is 10.6 Å². The number of carbonyl (C=O) groups excluding carboxylic acids is 1. The summed E-state index contributed by atoms with van der Waals surface area (Å²) in [5.41, 5.74) is -0.915. The van der Waals surface area contributed by atoms with E-state index in [-0.39, 0.29) is 18.6 Å². The average Bonchev–Trinajstić information content (AvgIpc) is 3.00. The summed E-state index contributed by atoms with van der Waals surface area (Å²) in [6, 6.07) is 3.44. The van der Waals surface area contributed by atoms with E-state index in [4.69, 9.17) is 4.74 Å². The molecule has 0 aliphatic carbocycles. The molecule has 1 aromatic rings. The molecule has 7 heteroatoms. The first-order chi connectivity index (χ1) is 10.0. The van der Waals surface area contributed by atoms with Crippen LogP contribution in [0, 0.1) is 5.41 Å². The van der Waals surface area contributed by atoms with E-state index in [0.717, 1.165) is 4.88 Å². The van der Waals surface area contributed by atoms with E-state index in [1.807, 2.05) is 24.4 Å². The molecule has 2 heterocycles. The molecule has 1 aliphatic heterocycles. The lowest BCUT2D eigenvalue weighted by atomic mass is 9.80. The molecule has 21 heavy (non-hydrogen) atoms. The predicted molar refractivity (Wildman–Crippen MR) is 79.4 cm³/mol. The quantitative estimate of drug-likeness (QED) is 0.776. The van der Waals surface area contributed by atoms with Crippen LogP contribution in [-0.2, 0) is 9.53 Å². The highest BCUT2D eigenvalue weighted by molar-refractivity contribution is 7.10. The molecule has 3 N–H and O–H groups in total. The molecule has 0 saturated carbocycles. The number of hydrogen-bond acceptors (Lipinski definition) is 4. The molecular formula is C14H20N2O4S. The number of thiophene rings is 1. The molecule has 2 amide bonds. The van der Waals surface area contributed by atoms with Gasteiger partial charge in [-0.25, -0.2) is 4.79 Å². The molecule has 0 bridgehead atoms. The number of carboxylic acids is 1. The van der Waals surface area contributed by atoms with Crippen molar-refractivity contribution in [1.29, 1.82) is 0 Å². The van der Waals surface area contributed by atoms with Crippen LogP contribution in [0.2, 0.25) is 0 Å². The number of nitrogens with one attached hydrogen (secondary N) is 2. The maximum atomic E-state index is 11.9. The Kier molecular flexibility index (Phi) is 5.19.